The molecule has 7 heteroatoms. The van der Waals surface area contributed by atoms with Crippen LogP contribution >= 0.6 is 0 Å². The zero-order valence-electron chi connectivity index (χ0n) is 11.6. The summed E-state index contributed by atoms with van der Waals surface area (Å²) in [6.07, 6.45) is 6.51. The summed E-state index contributed by atoms with van der Waals surface area (Å²) >= 11 is 0. The molecule has 1 aliphatic rings. The Balaban J connectivity index is 1.69. The van der Waals surface area contributed by atoms with E-state index in [0.717, 1.165) is 16.6 Å². The highest BCUT2D eigenvalue weighted by Gasteiger charge is 2.38. The number of halogens is 2. The number of aromatic amines is 1. The van der Waals surface area contributed by atoms with Gasteiger partial charge >= 0.3 is 0 Å². The average Bonchev–Trinajstić information content (AvgIpc) is 3.12. The van der Waals surface area contributed by atoms with E-state index in [-0.39, 0.29) is 13.0 Å². The standard InChI is InChI=1S/C15H13F2N5/c16-15(17)2-4-22(9-15)13-8-18-7-12(21-13)11-5-10-1-3-19-14(10)20-6-11/h1,3,5-8H,2,4,9H2,(H,19,20). The molecule has 112 valence electrons. The molecule has 1 aliphatic heterocycles. The second-order valence-corrected chi connectivity index (χ2v) is 5.43. The van der Waals surface area contributed by atoms with Gasteiger partial charge in [0, 0.05) is 36.3 Å². The molecule has 3 aromatic rings. The predicted molar refractivity (Wildman–Crippen MR) is 78.9 cm³/mol. The number of alkyl halides is 2. The number of nitrogens with one attached hydrogen (secondary N) is 1. The van der Waals surface area contributed by atoms with Crippen LogP contribution in [0, 0.1) is 0 Å². The van der Waals surface area contributed by atoms with E-state index < -0.39 is 5.92 Å². The summed E-state index contributed by atoms with van der Waals surface area (Å²) in [7, 11) is 0. The first-order chi connectivity index (χ1) is 10.6. The Bertz CT molecular complexity index is 829. The minimum Gasteiger partial charge on any atom is -0.349 e. The van der Waals surface area contributed by atoms with Crippen LogP contribution in [-0.4, -0.2) is 38.9 Å². The molecule has 4 heterocycles. The third-order valence-corrected chi connectivity index (χ3v) is 3.81. The van der Waals surface area contributed by atoms with Gasteiger partial charge in [0.2, 0.25) is 0 Å². The van der Waals surface area contributed by atoms with Crippen LogP contribution in [0.3, 0.4) is 0 Å². The van der Waals surface area contributed by atoms with Gasteiger partial charge in [-0.05, 0) is 12.1 Å². The normalized spacial score (nSPS) is 17.3. The molecule has 0 amide bonds. The van der Waals surface area contributed by atoms with Gasteiger partial charge in [-0.3, -0.25) is 4.98 Å². The molecule has 0 spiro atoms. The Morgan fingerprint density at radius 1 is 1.23 bits per heavy atom. The molecule has 1 fully saturated rings. The van der Waals surface area contributed by atoms with Gasteiger partial charge in [-0.1, -0.05) is 0 Å². The van der Waals surface area contributed by atoms with Crippen molar-refractivity contribution in [1.29, 1.82) is 0 Å². The Labute approximate surface area is 125 Å². The van der Waals surface area contributed by atoms with Crippen molar-refractivity contribution in [3.8, 4) is 11.3 Å². The number of hydrogen-bond acceptors (Lipinski definition) is 4. The SMILES string of the molecule is FC1(F)CCN(c2cncc(-c3cnc4[nH]ccc4c3)n2)C1. The van der Waals surface area contributed by atoms with E-state index in [1.165, 1.54) is 6.20 Å². The minimum absolute atomic E-state index is 0.143. The van der Waals surface area contributed by atoms with Gasteiger partial charge in [0.15, 0.2) is 0 Å². The molecule has 4 rings (SSSR count). The van der Waals surface area contributed by atoms with Crippen LogP contribution in [0.4, 0.5) is 14.6 Å². The fourth-order valence-corrected chi connectivity index (χ4v) is 2.66. The van der Waals surface area contributed by atoms with E-state index in [2.05, 4.69) is 19.9 Å². The molecule has 0 aromatic carbocycles. The topological polar surface area (TPSA) is 57.7 Å². The molecule has 1 saturated heterocycles. The lowest BCUT2D eigenvalue weighted by atomic mass is 10.2. The number of fused-ring (bicyclic) bond motifs is 1. The molecule has 1 N–H and O–H groups in total. The molecule has 5 nitrogen and oxygen atoms in total. The first-order valence-corrected chi connectivity index (χ1v) is 6.99. The molecule has 0 saturated carbocycles. The summed E-state index contributed by atoms with van der Waals surface area (Å²) in [5.74, 6) is -2.17. The number of anilines is 1. The highest BCUT2D eigenvalue weighted by molar-refractivity contribution is 5.80. The lowest BCUT2D eigenvalue weighted by Gasteiger charge is -2.17. The van der Waals surface area contributed by atoms with Gasteiger partial charge in [-0.2, -0.15) is 0 Å². The van der Waals surface area contributed by atoms with Gasteiger partial charge in [-0.25, -0.2) is 18.7 Å². The van der Waals surface area contributed by atoms with Crippen LogP contribution in [0.2, 0.25) is 0 Å². The quantitative estimate of drug-likeness (QED) is 0.790. The summed E-state index contributed by atoms with van der Waals surface area (Å²) in [5, 5.41) is 0.970. The predicted octanol–water partition coefficient (Wildman–Crippen LogP) is 2.87. The van der Waals surface area contributed by atoms with Crippen LogP contribution < -0.4 is 4.90 Å². The molecule has 3 aromatic heterocycles. The fourth-order valence-electron chi connectivity index (χ4n) is 2.66. The summed E-state index contributed by atoms with van der Waals surface area (Å²) < 4.78 is 26.7. The maximum atomic E-state index is 13.3. The van der Waals surface area contributed by atoms with E-state index in [1.807, 2.05) is 18.3 Å². The van der Waals surface area contributed by atoms with Gasteiger partial charge in [0.1, 0.15) is 11.5 Å². The van der Waals surface area contributed by atoms with Crippen LogP contribution in [0.15, 0.2) is 36.9 Å². The van der Waals surface area contributed by atoms with Gasteiger partial charge in [-0.15, -0.1) is 0 Å². The van der Waals surface area contributed by atoms with Gasteiger partial charge in [0.05, 0.1) is 24.6 Å². The van der Waals surface area contributed by atoms with Crippen molar-refractivity contribution in [1.82, 2.24) is 19.9 Å². The van der Waals surface area contributed by atoms with Crippen molar-refractivity contribution in [2.45, 2.75) is 12.3 Å². The highest BCUT2D eigenvalue weighted by Crippen LogP contribution is 2.30. The van der Waals surface area contributed by atoms with Gasteiger partial charge in [0.25, 0.3) is 5.92 Å². The summed E-state index contributed by atoms with van der Waals surface area (Å²) in [5.41, 5.74) is 2.24. The van der Waals surface area contributed by atoms with E-state index in [4.69, 9.17) is 0 Å². The van der Waals surface area contributed by atoms with Gasteiger partial charge < -0.3 is 9.88 Å². The van der Waals surface area contributed by atoms with E-state index in [0.29, 0.717) is 18.1 Å². The number of pyridine rings is 1. The number of rotatable bonds is 2. The Morgan fingerprint density at radius 3 is 2.95 bits per heavy atom. The van der Waals surface area contributed by atoms with Crippen LogP contribution in [-0.2, 0) is 0 Å². The lowest BCUT2D eigenvalue weighted by molar-refractivity contribution is 0.0256. The smallest absolute Gasteiger partial charge is 0.266 e. The highest BCUT2D eigenvalue weighted by atomic mass is 19.3. The molecule has 22 heavy (non-hydrogen) atoms. The molecule has 0 radical (unpaired) electrons. The van der Waals surface area contributed by atoms with Crippen molar-refractivity contribution >= 4 is 16.9 Å². The van der Waals surface area contributed by atoms with Crippen LogP contribution in [0.1, 0.15) is 6.42 Å². The maximum Gasteiger partial charge on any atom is 0.266 e. The first kappa shape index (κ1) is 13.1. The molecule has 0 atom stereocenters. The molecular formula is C15H13F2N5. The maximum absolute atomic E-state index is 13.3. The van der Waals surface area contributed by atoms with Crippen molar-refractivity contribution in [3.63, 3.8) is 0 Å². The van der Waals surface area contributed by atoms with Crippen LogP contribution in [0.5, 0.6) is 0 Å². The number of nitrogens with zero attached hydrogens (tertiary/aromatic N) is 4. The second-order valence-electron chi connectivity index (χ2n) is 5.43. The summed E-state index contributed by atoms with van der Waals surface area (Å²) in [6, 6.07) is 3.87. The minimum atomic E-state index is -2.65. The Hall–Kier alpha value is -2.57. The third-order valence-electron chi connectivity index (χ3n) is 3.81. The molecule has 0 bridgehead atoms. The monoisotopic (exact) mass is 301 g/mol. The zero-order valence-corrected chi connectivity index (χ0v) is 11.6. The van der Waals surface area contributed by atoms with Crippen molar-refractivity contribution in [3.05, 3.63) is 36.9 Å². The molecule has 0 unspecified atom stereocenters. The van der Waals surface area contributed by atoms with E-state index >= 15 is 0 Å². The number of aromatic nitrogens is 4. The van der Waals surface area contributed by atoms with Crippen molar-refractivity contribution in [2.75, 3.05) is 18.0 Å². The van der Waals surface area contributed by atoms with E-state index in [9.17, 15) is 8.78 Å². The molecule has 0 aliphatic carbocycles. The van der Waals surface area contributed by atoms with Crippen molar-refractivity contribution in [2.24, 2.45) is 0 Å². The van der Waals surface area contributed by atoms with Crippen LogP contribution in [0.25, 0.3) is 22.3 Å². The largest absolute Gasteiger partial charge is 0.349 e. The average molecular weight is 301 g/mol. The fraction of sp³-hybridized carbons (Fsp3) is 0.267. The lowest BCUT2D eigenvalue weighted by Crippen LogP contribution is -2.25. The third kappa shape index (κ3) is 2.28. The molecular weight excluding hydrogens is 288 g/mol. The Kier molecular flexibility index (Phi) is 2.82. The van der Waals surface area contributed by atoms with Crippen molar-refractivity contribution < 1.29 is 8.78 Å². The summed E-state index contributed by atoms with van der Waals surface area (Å²) in [4.78, 5) is 17.5. The Morgan fingerprint density at radius 2 is 2.14 bits per heavy atom. The second kappa shape index (κ2) is 4.72. The van der Waals surface area contributed by atoms with E-state index in [1.54, 1.807) is 17.3 Å². The zero-order chi connectivity index (χ0) is 15.2. The number of H-pyrrole nitrogens is 1. The first-order valence-electron chi connectivity index (χ1n) is 6.99. The number of hydrogen-bond donors (Lipinski definition) is 1. The summed E-state index contributed by atoms with van der Waals surface area (Å²) in [6.45, 7) is -0.0134.